The summed E-state index contributed by atoms with van der Waals surface area (Å²) in [5.41, 5.74) is 1.66. The first-order chi connectivity index (χ1) is 15.1. The van der Waals surface area contributed by atoms with Crippen molar-refractivity contribution in [3.63, 3.8) is 0 Å². The molecule has 162 valence electrons. The Kier molecular flexibility index (Phi) is 4.79. The molecule has 11 nitrogen and oxygen atoms in total. The van der Waals surface area contributed by atoms with Crippen LogP contribution in [0.5, 0.6) is 5.88 Å². The van der Waals surface area contributed by atoms with Crippen molar-refractivity contribution >= 4 is 23.0 Å². The van der Waals surface area contributed by atoms with E-state index < -0.39 is 0 Å². The van der Waals surface area contributed by atoms with Gasteiger partial charge in [0.25, 0.3) is 11.8 Å². The highest BCUT2D eigenvalue weighted by molar-refractivity contribution is 6.02. The molecule has 3 aromatic heterocycles. The number of carbonyl (C=O) groups excluding carboxylic acids is 2. The molecule has 2 aliphatic rings. The summed E-state index contributed by atoms with van der Waals surface area (Å²) in [5.74, 6) is 0.0480. The summed E-state index contributed by atoms with van der Waals surface area (Å²) in [6.07, 6.45) is 8.79. The van der Waals surface area contributed by atoms with Crippen LogP contribution in [0.1, 0.15) is 53.0 Å². The van der Waals surface area contributed by atoms with Crippen LogP contribution in [-0.2, 0) is 7.05 Å². The van der Waals surface area contributed by atoms with Gasteiger partial charge in [-0.15, -0.1) is 0 Å². The van der Waals surface area contributed by atoms with E-state index in [-0.39, 0.29) is 35.6 Å². The fourth-order valence-corrected chi connectivity index (χ4v) is 4.97. The summed E-state index contributed by atoms with van der Waals surface area (Å²) >= 11 is 0. The Bertz CT molecular complexity index is 1140. The number of rotatable bonds is 4. The molecule has 2 aliphatic heterocycles. The van der Waals surface area contributed by atoms with Crippen LogP contribution >= 0.6 is 0 Å². The van der Waals surface area contributed by atoms with Crippen LogP contribution in [0.4, 0.5) is 0 Å². The molecule has 0 aromatic carbocycles. The van der Waals surface area contributed by atoms with Gasteiger partial charge >= 0.3 is 0 Å². The highest BCUT2D eigenvalue weighted by Gasteiger charge is 2.44. The van der Waals surface area contributed by atoms with Crippen molar-refractivity contribution < 1.29 is 14.3 Å². The Morgan fingerprint density at radius 2 is 2.06 bits per heavy atom. The Balaban J connectivity index is 1.42. The summed E-state index contributed by atoms with van der Waals surface area (Å²) < 4.78 is 6.94. The van der Waals surface area contributed by atoms with Gasteiger partial charge in [0, 0.05) is 19.1 Å². The number of imidazole rings is 1. The topological polar surface area (TPSA) is 131 Å². The summed E-state index contributed by atoms with van der Waals surface area (Å²) in [6.45, 7) is 0. The van der Waals surface area contributed by atoms with Gasteiger partial charge in [0.1, 0.15) is 17.4 Å². The Morgan fingerprint density at radius 1 is 1.19 bits per heavy atom. The number of aromatic amines is 1. The minimum absolute atomic E-state index is 0.0899. The van der Waals surface area contributed by atoms with E-state index in [4.69, 9.17) is 4.74 Å². The van der Waals surface area contributed by atoms with Gasteiger partial charge in [0.15, 0.2) is 11.3 Å². The van der Waals surface area contributed by atoms with E-state index in [1.54, 1.807) is 17.9 Å². The zero-order valence-electron chi connectivity index (χ0n) is 17.4. The third kappa shape index (κ3) is 3.20. The van der Waals surface area contributed by atoms with Gasteiger partial charge < -0.3 is 19.9 Å². The summed E-state index contributed by atoms with van der Waals surface area (Å²) in [4.78, 5) is 43.7. The van der Waals surface area contributed by atoms with Gasteiger partial charge in [0.2, 0.25) is 5.88 Å². The molecule has 3 unspecified atom stereocenters. The minimum atomic E-state index is -0.293. The monoisotopic (exact) mass is 424 g/mol. The Hall–Kier alpha value is -3.50. The van der Waals surface area contributed by atoms with Crippen LogP contribution in [0, 0.1) is 0 Å². The van der Waals surface area contributed by atoms with Crippen LogP contribution in [0.3, 0.4) is 0 Å². The smallest absolute Gasteiger partial charge is 0.272 e. The maximum atomic E-state index is 13.5. The molecule has 2 amide bonds. The molecule has 2 N–H and O–H groups in total. The first-order valence-corrected chi connectivity index (χ1v) is 10.4. The number of carbonyl (C=O) groups is 2. The van der Waals surface area contributed by atoms with Crippen molar-refractivity contribution in [2.45, 2.75) is 50.2 Å². The number of hydrogen-bond acceptors (Lipinski definition) is 7. The minimum Gasteiger partial charge on any atom is -0.481 e. The highest BCUT2D eigenvalue weighted by atomic mass is 16.5. The second kappa shape index (κ2) is 7.64. The van der Waals surface area contributed by atoms with E-state index in [2.05, 4.69) is 30.4 Å². The summed E-state index contributed by atoms with van der Waals surface area (Å²) in [6, 6.07) is -0.102. The number of aromatic nitrogens is 6. The van der Waals surface area contributed by atoms with Crippen LogP contribution < -0.4 is 10.1 Å². The van der Waals surface area contributed by atoms with E-state index in [0.717, 1.165) is 32.1 Å². The number of nitrogens with one attached hydrogen (secondary N) is 2. The molecular weight excluding hydrogens is 400 g/mol. The molecule has 5 heterocycles. The molecule has 31 heavy (non-hydrogen) atoms. The molecule has 2 bridgehead atoms. The fraction of sp³-hybridized carbons (Fsp3) is 0.500. The highest BCUT2D eigenvalue weighted by Crippen LogP contribution is 2.37. The predicted octanol–water partition coefficient (Wildman–Crippen LogP) is 1.05. The predicted molar refractivity (Wildman–Crippen MR) is 110 cm³/mol. The number of fused-ring (bicyclic) bond motifs is 3. The van der Waals surface area contributed by atoms with Gasteiger partial charge in [-0.05, 0) is 32.1 Å². The van der Waals surface area contributed by atoms with Crippen LogP contribution in [-0.4, -0.2) is 71.7 Å². The second-order valence-electron chi connectivity index (χ2n) is 8.04. The van der Waals surface area contributed by atoms with Gasteiger partial charge in [-0.3, -0.25) is 9.59 Å². The average Bonchev–Trinajstić information content (AvgIpc) is 3.46. The number of aryl methyl sites for hydroxylation is 1. The van der Waals surface area contributed by atoms with E-state index in [1.165, 1.54) is 19.8 Å². The third-order valence-electron chi connectivity index (χ3n) is 6.36. The number of hydrogen-bond donors (Lipinski definition) is 2. The second-order valence-corrected chi connectivity index (χ2v) is 8.04. The lowest BCUT2D eigenvalue weighted by atomic mass is 9.96. The molecule has 3 aromatic rings. The Morgan fingerprint density at radius 3 is 2.90 bits per heavy atom. The molecule has 11 heteroatoms. The Labute approximate surface area is 178 Å². The standard InChI is InChI=1S/C20H24N8O3/c1-27-20(31-2)12(8-25-27)19(30)28-11-4-3-5-13(14(28)7-6-11)26-18(29)16-15-17(23-9-21-15)24-10-22-16/h8-11,13-14H,3-7H2,1-2H3,(H,26,29)(H,21,22,23,24). The average molecular weight is 424 g/mol. The van der Waals surface area contributed by atoms with Crippen molar-refractivity contribution in [1.82, 2.24) is 39.9 Å². The third-order valence-corrected chi connectivity index (χ3v) is 6.36. The van der Waals surface area contributed by atoms with E-state index >= 15 is 0 Å². The van der Waals surface area contributed by atoms with Gasteiger partial charge in [-0.1, -0.05) is 0 Å². The van der Waals surface area contributed by atoms with Gasteiger partial charge in [-0.25, -0.2) is 19.6 Å². The molecule has 0 radical (unpaired) electrons. The van der Waals surface area contributed by atoms with E-state index in [0.29, 0.717) is 22.6 Å². The number of ether oxygens (including phenoxy) is 1. The van der Waals surface area contributed by atoms with Crippen LogP contribution in [0.25, 0.3) is 11.2 Å². The molecular formula is C20H24N8O3. The lowest BCUT2D eigenvalue weighted by Gasteiger charge is -2.32. The maximum Gasteiger partial charge on any atom is 0.272 e. The first-order valence-electron chi connectivity index (χ1n) is 10.4. The summed E-state index contributed by atoms with van der Waals surface area (Å²) in [5, 5.41) is 7.31. The van der Waals surface area contributed by atoms with E-state index in [9.17, 15) is 9.59 Å². The van der Waals surface area contributed by atoms with Crippen molar-refractivity contribution in [3.8, 4) is 5.88 Å². The summed E-state index contributed by atoms with van der Waals surface area (Å²) in [7, 11) is 3.28. The lowest BCUT2D eigenvalue weighted by molar-refractivity contribution is 0.0629. The molecule has 5 rings (SSSR count). The zero-order valence-corrected chi connectivity index (χ0v) is 17.4. The number of methoxy groups -OCH3 is 1. The van der Waals surface area contributed by atoms with Crippen molar-refractivity contribution in [1.29, 1.82) is 0 Å². The van der Waals surface area contributed by atoms with E-state index in [1.807, 2.05) is 4.90 Å². The lowest BCUT2D eigenvalue weighted by Crippen LogP contribution is -2.51. The molecule has 0 spiro atoms. The van der Waals surface area contributed by atoms with Gasteiger partial charge in [-0.2, -0.15) is 5.10 Å². The normalized spacial score (nSPS) is 23.0. The van der Waals surface area contributed by atoms with Gasteiger partial charge in [0.05, 0.1) is 25.7 Å². The number of H-pyrrole nitrogens is 1. The first kappa shape index (κ1) is 19.5. The van der Waals surface area contributed by atoms with Crippen LogP contribution in [0.15, 0.2) is 18.9 Å². The quantitative estimate of drug-likeness (QED) is 0.640. The molecule has 2 saturated heterocycles. The van der Waals surface area contributed by atoms with Crippen LogP contribution in [0.2, 0.25) is 0 Å². The maximum absolute atomic E-state index is 13.5. The molecule has 2 fully saturated rings. The molecule has 3 atom stereocenters. The van der Waals surface area contributed by atoms with Crippen molar-refractivity contribution in [2.24, 2.45) is 7.05 Å². The number of nitrogens with zero attached hydrogens (tertiary/aromatic N) is 6. The molecule has 0 aliphatic carbocycles. The largest absolute Gasteiger partial charge is 0.481 e. The molecule has 0 saturated carbocycles. The fourth-order valence-electron chi connectivity index (χ4n) is 4.97. The SMILES string of the molecule is COc1c(C(=O)N2C3CCCC(NC(=O)c4ncnc5nc[nH]c45)C2CC3)cnn1C. The number of amides is 2. The van der Waals surface area contributed by atoms with Crippen molar-refractivity contribution in [3.05, 3.63) is 30.1 Å². The van der Waals surface area contributed by atoms with Crippen molar-refractivity contribution in [2.75, 3.05) is 7.11 Å². The zero-order chi connectivity index (χ0) is 21.5.